The average molecular weight is 352 g/mol. The van der Waals surface area contributed by atoms with Gasteiger partial charge < -0.3 is 14.8 Å². The van der Waals surface area contributed by atoms with Crippen LogP contribution in [0.15, 0.2) is 22.7 Å². The van der Waals surface area contributed by atoms with E-state index >= 15 is 0 Å². The molecule has 1 heterocycles. The van der Waals surface area contributed by atoms with Gasteiger partial charge in [0.1, 0.15) is 12.4 Å². The first kappa shape index (κ1) is 16.4. The van der Waals surface area contributed by atoms with E-state index in [1.54, 1.807) is 0 Å². The molecule has 0 amide bonds. The lowest BCUT2D eigenvalue weighted by Crippen LogP contribution is -2.36. The van der Waals surface area contributed by atoms with Crippen molar-refractivity contribution in [2.45, 2.75) is 32.4 Å². The summed E-state index contributed by atoms with van der Waals surface area (Å²) in [5, 5.41) is 3.60. The summed E-state index contributed by atoms with van der Waals surface area (Å²) in [5.41, 5.74) is 1.12. The molecular formula is C17H22BrNO2. The SMILES string of the molecule is C#CCOc1ccc(Br)cc1CNC(C)C1CCOCC1. The van der Waals surface area contributed by atoms with Gasteiger partial charge in [-0.3, -0.25) is 0 Å². The molecule has 0 saturated carbocycles. The molecule has 21 heavy (non-hydrogen) atoms. The highest BCUT2D eigenvalue weighted by Crippen LogP contribution is 2.24. The Hall–Kier alpha value is -1.02. The maximum absolute atomic E-state index is 5.60. The number of rotatable bonds is 6. The van der Waals surface area contributed by atoms with E-state index in [0.717, 1.165) is 48.4 Å². The molecule has 0 aromatic heterocycles. The van der Waals surface area contributed by atoms with E-state index in [2.05, 4.69) is 40.2 Å². The molecule has 3 nitrogen and oxygen atoms in total. The third kappa shape index (κ3) is 5.03. The standard InChI is InChI=1S/C17H22BrNO2/c1-3-8-21-17-5-4-16(18)11-15(17)12-19-13(2)14-6-9-20-10-7-14/h1,4-5,11,13-14,19H,6-10,12H2,2H3. The monoisotopic (exact) mass is 351 g/mol. The molecule has 0 bridgehead atoms. The summed E-state index contributed by atoms with van der Waals surface area (Å²) in [6.07, 6.45) is 7.53. The summed E-state index contributed by atoms with van der Waals surface area (Å²) in [5.74, 6) is 4.04. The fourth-order valence-electron chi connectivity index (χ4n) is 2.60. The third-order valence-corrected chi connectivity index (χ3v) is 4.41. The quantitative estimate of drug-likeness (QED) is 0.797. The molecule has 2 rings (SSSR count). The highest BCUT2D eigenvalue weighted by molar-refractivity contribution is 9.10. The van der Waals surface area contributed by atoms with Crippen LogP contribution in [0.4, 0.5) is 0 Å². The smallest absolute Gasteiger partial charge is 0.148 e. The molecule has 0 spiro atoms. The third-order valence-electron chi connectivity index (χ3n) is 3.92. The molecule has 1 atom stereocenters. The second-order valence-electron chi connectivity index (χ2n) is 5.36. The first-order chi connectivity index (χ1) is 10.2. The lowest BCUT2D eigenvalue weighted by atomic mass is 9.93. The Morgan fingerprint density at radius 1 is 1.48 bits per heavy atom. The van der Waals surface area contributed by atoms with Crippen molar-refractivity contribution >= 4 is 15.9 Å². The van der Waals surface area contributed by atoms with Gasteiger partial charge in [0, 0.05) is 35.8 Å². The van der Waals surface area contributed by atoms with E-state index in [1.165, 1.54) is 0 Å². The molecule has 0 radical (unpaired) electrons. The zero-order valence-electron chi connectivity index (χ0n) is 12.4. The van der Waals surface area contributed by atoms with Crippen LogP contribution in [0, 0.1) is 18.3 Å². The van der Waals surface area contributed by atoms with Gasteiger partial charge in [0.2, 0.25) is 0 Å². The lowest BCUT2D eigenvalue weighted by molar-refractivity contribution is 0.0557. The summed E-state index contributed by atoms with van der Waals surface area (Å²) < 4.78 is 12.1. The number of hydrogen-bond donors (Lipinski definition) is 1. The van der Waals surface area contributed by atoms with Crippen molar-refractivity contribution in [1.29, 1.82) is 0 Å². The molecule has 4 heteroatoms. The van der Waals surface area contributed by atoms with E-state index in [9.17, 15) is 0 Å². The number of terminal acetylenes is 1. The van der Waals surface area contributed by atoms with Crippen LogP contribution < -0.4 is 10.1 Å². The fraction of sp³-hybridized carbons (Fsp3) is 0.529. The molecule has 1 aromatic rings. The molecule has 1 unspecified atom stereocenters. The normalized spacial score (nSPS) is 17.2. The predicted molar refractivity (Wildman–Crippen MR) is 88.3 cm³/mol. The van der Waals surface area contributed by atoms with Gasteiger partial charge in [-0.15, -0.1) is 6.42 Å². The van der Waals surface area contributed by atoms with E-state index < -0.39 is 0 Å². The van der Waals surface area contributed by atoms with Crippen LogP contribution in [0.25, 0.3) is 0 Å². The molecule has 1 aliphatic heterocycles. The minimum atomic E-state index is 0.296. The summed E-state index contributed by atoms with van der Waals surface area (Å²) in [4.78, 5) is 0. The first-order valence-corrected chi connectivity index (χ1v) is 8.16. The minimum Gasteiger partial charge on any atom is -0.481 e. The Bertz CT molecular complexity index is 492. The molecule has 114 valence electrons. The van der Waals surface area contributed by atoms with Gasteiger partial charge in [-0.05, 0) is 43.9 Å². The highest BCUT2D eigenvalue weighted by atomic mass is 79.9. The van der Waals surface area contributed by atoms with Crippen LogP contribution in [0.5, 0.6) is 5.75 Å². The first-order valence-electron chi connectivity index (χ1n) is 7.36. The largest absolute Gasteiger partial charge is 0.481 e. The highest BCUT2D eigenvalue weighted by Gasteiger charge is 2.20. The Labute approximate surface area is 135 Å². The van der Waals surface area contributed by atoms with Crippen molar-refractivity contribution in [2.24, 2.45) is 5.92 Å². The molecule has 1 saturated heterocycles. The Balaban J connectivity index is 1.94. The van der Waals surface area contributed by atoms with E-state index in [1.807, 2.05) is 12.1 Å². The molecule has 0 aliphatic carbocycles. The summed E-state index contributed by atoms with van der Waals surface area (Å²) in [6.45, 7) is 5.08. The van der Waals surface area contributed by atoms with Gasteiger partial charge in [0.05, 0.1) is 0 Å². The van der Waals surface area contributed by atoms with Gasteiger partial charge >= 0.3 is 0 Å². The average Bonchev–Trinajstić information content (AvgIpc) is 2.52. The lowest BCUT2D eigenvalue weighted by Gasteiger charge is -2.28. The van der Waals surface area contributed by atoms with E-state index in [-0.39, 0.29) is 0 Å². The van der Waals surface area contributed by atoms with Crippen molar-refractivity contribution in [3.63, 3.8) is 0 Å². The Morgan fingerprint density at radius 2 is 2.24 bits per heavy atom. The minimum absolute atomic E-state index is 0.296. The molecule has 1 aliphatic rings. The van der Waals surface area contributed by atoms with Crippen LogP contribution in [0.3, 0.4) is 0 Å². The van der Waals surface area contributed by atoms with Gasteiger partial charge in [-0.25, -0.2) is 0 Å². The molecule has 1 N–H and O–H groups in total. The maximum Gasteiger partial charge on any atom is 0.148 e. The second kappa shape index (κ2) is 8.43. The number of ether oxygens (including phenoxy) is 2. The number of halogens is 1. The molecular weight excluding hydrogens is 330 g/mol. The zero-order chi connectivity index (χ0) is 15.1. The van der Waals surface area contributed by atoms with Crippen LogP contribution in [0.2, 0.25) is 0 Å². The number of hydrogen-bond acceptors (Lipinski definition) is 3. The summed E-state index contributed by atoms with van der Waals surface area (Å²) in [6, 6.07) is 6.47. The van der Waals surface area contributed by atoms with Crippen LogP contribution in [-0.2, 0) is 11.3 Å². The predicted octanol–water partition coefficient (Wildman–Crippen LogP) is 3.37. The van der Waals surface area contributed by atoms with E-state index in [0.29, 0.717) is 18.6 Å². The Kier molecular flexibility index (Phi) is 6.56. The van der Waals surface area contributed by atoms with Crippen molar-refractivity contribution in [2.75, 3.05) is 19.8 Å². The molecule has 1 fully saturated rings. The van der Waals surface area contributed by atoms with Crippen molar-refractivity contribution < 1.29 is 9.47 Å². The fourth-order valence-corrected chi connectivity index (χ4v) is 3.01. The van der Waals surface area contributed by atoms with Crippen molar-refractivity contribution in [3.05, 3.63) is 28.2 Å². The van der Waals surface area contributed by atoms with Crippen LogP contribution in [-0.4, -0.2) is 25.9 Å². The number of nitrogens with one attached hydrogen (secondary N) is 1. The summed E-state index contributed by atoms with van der Waals surface area (Å²) >= 11 is 3.51. The number of benzene rings is 1. The van der Waals surface area contributed by atoms with Crippen molar-refractivity contribution in [3.8, 4) is 18.1 Å². The zero-order valence-corrected chi connectivity index (χ0v) is 14.0. The Morgan fingerprint density at radius 3 is 2.95 bits per heavy atom. The van der Waals surface area contributed by atoms with E-state index in [4.69, 9.17) is 15.9 Å². The maximum atomic E-state index is 5.60. The topological polar surface area (TPSA) is 30.5 Å². The van der Waals surface area contributed by atoms with Crippen LogP contribution >= 0.6 is 15.9 Å². The van der Waals surface area contributed by atoms with Gasteiger partial charge in [0.25, 0.3) is 0 Å². The van der Waals surface area contributed by atoms with Gasteiger partial charge in [0.15, 0.2) is 0 Å². The van der Waals surface area contributed by atoms with Crippen molar-refractivity contribution in [1.82, 2.24) is 5.32 Å². The summed E-state index contributed by atoms with van der Waals surface area (Å²) in [7, 11) is 0. The molecule has 1 aromatic carbocycles. The second-order valence-corrected chi connectivity index (χ2v) is 6.28. The van der Waals surface area contributed by atoms with Gasteiger partial charge in [-0.1, -0.05) is 21.9 Å². The van der Waals surface area contributed by atoms with Gasteiger partial charge in [-0.2, -0.15) is 0 Å². The van der Waals surface area contributed by atoms with Crippen LogP contribution in [0.1, 0.15) is 25.3 Å².